The van der Waals surface area contributed by atoms with Crippen molar-refractivity contribution in [2.75, 3.05) is 0 Å². The Morgan fingerprint density at radius 3 is 2.27 bits per heavy atom. The molecule has 82 valence electrons. The number of rotatable bonds is 1. The van der Waals surface area contributed by atoms with Crippen molar-refractivity contribution >= 4 is 5.69 Å². The zero-order chi connectivity index (χ0) is 11.8. The Balaban J connectivity index is 3.39. The second-order valence-electron chi connectivity index (χ2n) is 4.63. The van der Waals surface area contributed by atoms with Crippen LogP contribution in [-0.4, -0.2) is 4.92 Å². The summed E-state index contributed by atoms with van der Waals surface area (Å²) in [5.74, 6) is -0.768. The second kappa shape index (κ2) is 3.61. The molecular weight excluding hydrogens is 197 g/mol. The Morgan fingerprint density at radius 2 is 1.87 bits per heavy atom. The third-order valence-electron chi connectivity index (χ3n) is 2.30. The Hall–Kier alpha value is -1.45. The summed E-state index contributed by atoms with van der Waals surface area (Å²) in [7, 11) is 0. The molecule has 0 saturated heterocycles. The van der Waals surface area contributed by atoms with E-state index in [0.717, 1.165) is 11.1 Å². The van der Waals surface area contributed by atoms with E-state index in [2.05, 4.69) is 0 Å². The molecule has 0 N–H and O–H groups in total. The first-order valence-electron chi connectivity index (χ1n) is 4.68. The summed E-state index contributed by atoms with van der Waals surface area (Å²) in [5, 5.41) is 10.5. The zero-order valence-electron chi connectivity index (χ0n) is 9.30. The number of hydrogen-bond acceptors (Lipinski definition) is 2. The molecule has 0 radical (unpaired) electrons. The molecule has 0 atom stereocenters. The highest BCUT2D eigenvalue weighted by atomic mass is 19.1. The molecular formula is C11H14FNO2. The quantitative estimate of drug-likeness (QED) is 0.528. The Morgan fingerprint density at radius 1 is 1.33 bits per heavy atom. The fourth-order valence-electron chi connectivity index (χ4n) is 1.61. The van der Waals surface area contributed by atoms with Crippen molar-refractivity contribution in [3.8, 4) is 0 Å². The van der Waals surface area contributed by atoms with Crippen molar-refractivity contribution in [3.05, 3.63) is 39.2 Å². The van der Waals surface area contributed by atoms with Gasteiger partial charge in [0, 0.05) is 6.07 Å². The van der Waals surface area contributed by atoms with Gasteiger partial charge < -0.3 is 0 Å². The van der Waals surface area contributed by atoms with Gasteiger partial charge >= 0.3 is 5.69 Å². The number of nitro groups is 1. The summed E-state index contributed by atoms with van der Waals surface area (Å²) in [6.45, 7) is 7.59. The maximum absolute atomic E-state index is 13.4. The van der Waals surface area contributed by atoms with E-state index in [1.807, 2.05) is 20.8 Å². The van der Waals surface area contributed by atoms with Crippen LogP contribution in [0.2, 0.25) is 0 Å². The van der Waals surface area contributed by atoms with Gasteiger partial charge in [-0.25, -0.2) is 0 Å². The number of halogens is 1. The fraction of sp³-hybridized carbons (Fsp3) is 0.455. The van der Waals surface area contributed by atoms with Gasteiger partial charge in [-0.2, -0.15) is 4.39 Å². The molecule has 0 bridgehead atoms. The van der Waals surface area contributed by atoms with Crippen LogP contribution in [0.3, 0.4) is 0 Å². The van der Waals surface area contributed by atoms with E-state index in [4.69, 9.17) is 0 Å². The van der Waals surface area contributed by atoms with Crippen LogP contribution in [0.1, 0.15) is 31.9 Å². The van der Waals surface area contributed by atoms with Gasteiger partial charge in [0.1, 0.15) is 0 Å². The van der Waals surface area contributed by atoms with Gasteiger partial charge in [0.2, 0.25) is 5.82 Å². The lowest BCUT2D eigenvalue weighted by Crippen LogP contribution is -2.14. The van der Waals surface area contributed by atoms with Crippen LogP contribution in [0.15, 0.2) is 12.1 Å². The molecule has 0 saturated carbocycles. The molecule has 0 aliphatic rings. The molecule has 3 nitrogen and oxygen atoms in total. The minimum Gasteiger partial charge on any atom is -0.258 e. The average Bonchev–Trinajstić information content (AvgIpc) is 2.06. The van der Waals surface area contributed by atoms with E-state index in [1.54, 1.807) is 6.92 Å². The van der Waals surface area contributed by atoms with Crippen molar-refractivity contribution in [1.82, 2.24) is 0 Å². The van der Waals surface area contributed by atoms with Gasteiger partial charge in [-0.15, -0.1) is 0 Å². The Bertz CT molecular complexity index is 408. The predicted octanol–water partition coefficient (Wildman–Crippen LogP) is 3.34. The molecule has 1 aromatic carbocycles. The highest BCUT2D eigenvalue weighted by Crippen LogP contribution is 2.30. The fourth-order valence-corrected chi connectivity index (χ4v) is 1.61. The molecule has 0 unspecified atom stereocenters. The summed E-state index contributed by atoms with van der Waals surface area (Å²) in [6, 6.07) is 2.55. The van der Waals surface area contributed by atoms with Gasteiger partial charge in [0.25, 0.3) is 0 Å². The van der Waals surface area contributed by atoms with Crippen LogP contribution in [0.5, 0.6) is 0 Å². The number of aryl methyl sites for hydroxylation is 1. The first kappa shape index (κ1) is 11.6. The molecule has 0 aliphatic carbocycles. The van der Waals surface area contributed by atoms with E-state index < -0.39 is 16.4 Å². The smallest absolute Gasteiger partial charge is 0.258 e. The summed E-state index contributed by atoms with van der Waals surface area (Å²) < 4.78 is 13.4. The van der Waals surface area contributed by atoms with Gasteiger partial charge in [0.15, 0.2) is 0 Å². The monoisotopic (exact) mass is 211 g/mol. The predicted molar refractivity (Wildman–Crippen MR) is 56.5 cm³/mol. The number of hydrogen-bond donors (Lipinski definition) is 0. The Kier molecular flexibility index (Phi) is 2.79. The van der Waals surface area contributed by atoms with Crippen LogP contribution in [0.25, 0.3) is 0 Å². The first-order chi connectivity index (χ1) is 6.73. The summed E-state index contributed by atoms with van der Waals surface area (Å²) in [5.41, 5.74) is 0.877. The van der Waals surface area contributed by atoms with Crippen LogP contribution < -0.4 is 0 Å². The van der Waals surface area contributed by atoms with Crippen LogP contribution in [0.4, 0.5) is 10.1 Å². The molecule has 0 amide bonds. The lowest BCUT2D eigenvalue weighted by Gasteiger charge is -2.21. The maximum Gasteiger partial charge on any atom is 0.305 e. The molecule has 1 aromatic rings. The summed E-state index contributed by atoms with van der Waals surface area (Å²) >= 11 is 0. The second-order valence-corrected chi connectivity index (χ2v) is 4.63. The van der Waals surface area contributed by atoms with Crippen molar-refractivity contribution < 1.29 is 9.31 Å². The number of benzene rings is 1. The van der Waals surface area contributed by atoms with Crippen LogP contribution >= 0.6 is 0 Å². The third kappa shape index (κ3) is 2.32. The topological polar surface area (TPSA) is 43.1 Å². The average molecular weight is 211 g/mol. The number of nitrogens with zero attached hydrogens (tertiary/aromatic N) is 1. The van der Waals surface area contributed by atoms with Gasteiger partial charge in [-0.1, -0.05) is 20.8 Å². The van der Waals surface area contributed by atoms with E-state index in [9.17, 15) is 14.5 Å². The first-order valence-corrected chi connectivity index (χ1v) is 4.68. The molecule has 0 heterocycles. The van der Waals surface area contributed by atoms with Crippen molar-refractivity contribution in [1.29, 1.82) is 0 Å². The molecule has 0 spiro atoms. The molecule has 0 aliphatic heterocycles. The molecule has 0 aromatic heterocycles. The molecule has 15 heavy (non-hydrogen) atoms. The molecule has 1 rings (SSSR count). The lowest BCUT2D eigenvalue weighted by molar-refractivity contribution is -0.387. The largest absolute Gasteiger partial charge is 0.305 e. The van der Waals surface area contributed by atoms with Crippen molar-refractivity contribution in [2.24, 2.45) is 0 Å². The summed E-state index contributed by atoms with van der Waals surface area (Å²) in [4.78, 5) is 9.80. The minimum atomic E-state index is -0.768. The number of nitro benzene ring substituents is 1. The standard InChI is InChI=1S/C11H14FNO2/c1-7-5-10(13(14)15)9(12)6-8(7)11(2,3)4/h5-6H,1-4H3. The van der Waals surface area contributed by atoms with E-state index in [0.29, 0.717) is 0 Å². The van der Waals surface area contributed by atoms with Crippen molar-refractivity contribution in [3.63, 3.8) is 0 Å². The zero-order valence-corrected chi connectivity index (χ0v) is 9.30. The maximum atomic E-state index is 13.4. The van der Waals surface area contributed by atoms with Crippen molar-refractivity contribution in [2.45, 2.75) is 33.1 Å². The van der Waals surface area contributed by atoms with Crippen LogP contribution in [-0.2, 0) is 5.41 Å². The highest BCUT2D eigenvalue weighted by Gasteiger charge is 2.22. The van der Waals surface area contributed by atoms with E-state index in [1.165, 1.54) is 12.1 Å². The normalized spacial score (nSPS) is 11.5. The molecule has 0 fully saturated rings. The Labute approximate surface area is 88.1 Å². The van der Waals surface area contributed by atoms with Gasteiger partial charge in [-0.05, 0) is 29.5 Å². The minimum absolute atomic E-state index is 0.208. The van der Waals surface area contributed by atoms with Gasteiger partial charge in [-0.3, -0.25) is 10.1 Å². The SMILES string of the molecule is Cc1cc([N+](=O)[O-])c(F)cc1C(C)(C)C. The van der Waals surface area contributed by atoms with E-state index in [-0.39, 0.29) is 5.41 Å². The highest BCUT2D eigenvalue weighted by molar-refractivity contribution is 5.43. The van der Waals surface area contributed by atoms with Crippen LogP contribution in [0, 0.1) is 22.9 Å². The lowest BCUT2D eigenvalue weighted by atomic mass is 9.84. The third-order valence-corrected chi connectivity index (χ3v) is 2.30. The summed E-state index contributed by atoms with van der Waals surface area (Å²) in [6.07, 6.45) is 0. The van der Waals surface area contributed by atoms with E-state index >= 15 is 0 Å². The molecule has 4 heteroatoms. The van der Waals surface area contributed by atoms with Gasteiger partial charge in [0.05, 0.1) is 4.92 Å².